The van der Waals surface area contributed by atoms with Gasteiger partial charge in [-0.2, -0.15) is 0 Å². The summed E-state index contributed by atoms with van der Waals surface area (Å²) in [5.41, 5.74) is 3.07. The van der Waals surface area contributed by atoms with Crippen LogP contribution in [0.15, 0.2) is 18.2 Å². The topological polar surface area (TPSA) is 43.4 Å². The minimum absolute atomic E-state index is 0.0890. The van der Waals surface area contributed by atoms with E-state index in [2.05, 4.69) is 26.8 Å². The molecule has 0 radical (unpaired) electrons. The molecule has 20 heavy (non-hydrogen) atoms. The lowest BCUT2D eigenvalue weighted by Crippen LogP contribution is -2.30. The van der Waals surface area contributed by atoms with Gasteiger partial charge >= 0.3 is 5.97 Å². The Kier molecular flexibility index (Phi) is 3.98. The van der Waals surface area contributed by atoms with E-state index in [9.17, 15) is 9.59 Å². The minimum atomic E-state index is -0.627. The summed E-state index contributed by atoms with van der Waals surface area (Å²) in [4.78, 5) is 24.1. The normalized spacial score (nSPS) is 18.6. The molecule has 0 fully saturated rings. The summed E-state index contributed by atoms with van der Waals surface area (Å²) in [6.07, 6.45) is 2.23. The molecular formula is C17H22O3. The van der Waals surface area contributed by atoms with Gasteiger partial charge in [-0.1, -0.05) is 32.9 Å². The van der Waals surface area contributed by atoms with E-state index in [1.807, 2.05) is 12.1 Å². The van der Waals surface area contributed by atoms with Crippen molar-refractivity contribution in [2.75, 3.05) is 7.11 Å². The number of benzene rings is 1. The molecule has 3 heteroatoms. The fraction of sp³-hybridized carbons (Fsp3) is 0.529. The Morgan fingerprint density at radius 3 is 2.65 bits per heavy atom. The highest BCUT2D eigenvalue weighted by molar-refractivity contribution is 6.10. The smallest absolute Gasteiger partial charge is 0.316 e. The van der Waals surface area contributed by atoms with Gasteiger partial charge in [0.2, 0.25) is 0 Å². The second kappa shape index (κ2) is 5.39. The monoisotopic (exact) mass is 274 g/mol. The molecule has 1 aliphatic carbocycles. The number of ether oxygens (including phenoxy) is 1. The highest BCUT2D eigenvalue weighted by atomic mass is 16.5. The van der Waals surface area contributed by atoms with Crippen molar-refractivity contribution >= 4 is 11.8 Å². The molecule has 0 heterocycles. The molecule has 0 bridgehead atoms. The zero-order valence-corrected chi connectivity index (χ0v) is 12.7. The van der Waals surface area contributed by atoms with Crippen molar-refractivity contribution in [3.05, 3.63) is 34.9 Å². The molecule has 0 aromatic heterocycles. The van der Waals surface area contributed by atoms with Gasteiger partial charge in [0.1, 0.15) is 5.92 Å². The van der Waals surface area contributed by atoms with Gasteiger partial charge < -0.3 is 4.74 Å². The lowest BCUT2D eigenvalue weighted by atomic mass is 9.80. The Bertz CT molecular complexity index is 538. The zero-order chi connectivity index (χ0) is 14.9. The minimum Gasteiger partial charge on any atom is -0.468 e. The van der Waals surface area contributed by atoms with Crippen LogP contribution < -0.4 is 0 Å². The molecule has 1 atom stereocenters. The number of aryl methyl sites for hydroxylation is 1. The highest BCUT2D eigenvalue weighted by Crippen LogP contribution is 2.29. The lowest BCUT2D eigenvalue weighted by Gasteiger charge is -2.24. The van der Waals surface area contributed by atoms with E-state index in [1.165, 1.54) is 7.11 Å². The van der Waals surface area contributed by atoms with Crippen LogP contribution in [0, 0.1) is 11.3 Å². The molecule has 0 N–H and O–H groups in total. The quantitative estimate of drug-likeness (QED) is 0.614. The van der Waals surface area contributed by atoms with Crippen LogP contribution in [0.2, 0.25) is 0 Å². The van der Waals surface area contributed by atoms with E-state index < -0.39 is 11.9 Å². The second-order valence-electron chi connectivity index (χ2n) is 6.71. The summed E-state index contributed by atoms with van der Waals surface area (Å²) < 4.78 is 4.73. The fourth-order valence-corrected chi connectivity index (χ4v) is 2.78. The number of Topliss-reactive ketones (excluding diaryl/α,β-unsaturated/α-hetero) is 1. The van der Waals surface area contributed by atoms with Gasteiger partial charge in [-0.3, -0.25) is 9.59 Å². The van der Waals surface area contributed by atoms with Gasteiger partial charge in [-0.05, 0) is 41.9 Å². The first-order valence-corrected chi connectivity index (χ1v) is 7.05. The Labute approximate surface area is 120 Å². The number of hydrogen-bond donors (Lipinski definition) is 0. The van der Waals surface area contributed by atoms with E-state index in [4.69, 9.17) is 4.74 Å². The van der Waals surface area contributed by atoms with Crippen molar-refractivity contribution in [3.8, 4) is 0 Å². The number of esters is 1. The molecule has 0 saturated heterocycles. The Morgan fingerprint density at radius 2 is 2.05 bits per heavy atom. The first-order chi connectivity index (χ1) is 9.31. The third-order valence-electron chi connectivity index (χ3n) is 3.68. The standard InChI is InChI=1S/C17H22O3/c1-17(2,3)10-11-5-6-12-7-8-13(16(19)20-4)15(18)14(12)9-11/h5-6,9,13H,7-8,10H2,1-4H3. The largest absolute Gasteiger partial charge is 0.468 e. The van der Waals surface area contributed by atoms with Crippen LogP contribution in [0.5, 0.6) is 0 Å². The molecule has 0 saturated carbocycles. The van der Waals surface area contributed by atoms with Gasteiger partial charge in [0.15, 0.2) is 5.78 Å². The summed E-state index contributed by atoms with van der Waals surface area (Å²) >= 11 is 0. The summed E-state index contributed by atoms with van der Waals surface area (Å²) in [6, 6.07) is 6.08. The second-order valence-corrected chi connectivity index (χ2v) is 6.71. The molecule has 0 amide bonds. The van der Waals surface area contributed by atoms with Crippen LogP contribution >= 0.6 is 0 Å². The number of methoxy groups -OCH3 is 1. The predicted octanol–water partition coefficient (Wildman–Crippen LogP) is 3.19. The van der Waals surface area contributed by atoms with E-state index in [0.717, 1.165) is 24.0 Å². The highest BCUT2D eigenvalue weighted by Gasteiger charge is 2.33. The van der Waals surface area contributed by atoms with E-state index in [1.54, 1.807) is 0 Å². The average Bonchev–Trinajstić information content (AvgIpc) is 2.37. The molecule has 2 rings (SSSR count). The maximum atomic E-state index is 12.4. The van der Waals surface area contributed by atoms with Gasteiger partial charge in [0, 0.05) is 5.56 Å². The Hall–Kier alpha value is -1.64. The zero-order valence-electron chi connectivity index (χ0n) is 12.7. The SMILES string of the molecule is COC(=O)C1CCc2ccc(CC(C)(C)C)cc2C1=O. The van der Waals surface area contributed by atoms with Crippen LogP contribution in [0.25, 0.3) is 0 Å². The fourth-order valence-electron chi connectivity index (χ4n) is 2.78. The maximum absolute atomic E-state index is 12.4. The Balaban J connectivity index is 2.31. The third-order valence-corrected chi connectivity index (χ3v) is 3.68. The van der Waals surface area contributed by atoms with Crippen molar-refractivity contribution in [3.63, 3.8) is 0 Å². The van der Waals surface area contributed by atoms with Crippen molar-refractivity contribution in [1.82, 2.24) is 0 Å². The summed E-state index contributed by atoms with van der Waals surface area (Å²) in [6.45, 7) is 6.52. The third kappa shape index (κ3) is 3.09. The number of fused-ring (bicyclic) bond motifs is 1. The van der Waals surface area contributed by atoms with Crippen LogP contribution in [-0.2, 0) is 22.4 Å². The summed E-state index contributed by atoms with van der Waals surface area (Å²) in [5, 5.41) is 0. The number of carbonyl (C=O) groups is 2. The van der Waals surface area contributed by atoms with Crippen molar-refractivity contribution in [2.45, 2.75) is 40.0 Å². The van der Waals surface area contributed by atoms with Crippen molar-refractivity contribution < 1.29 is 14.3 Å². The summed E-state index contributed by atoms with van der Waals surface area (Å²) in [7, 11) is 1.33. The van der Waals surface area contributed by atoms with Gasteiger partial charge in [0.25, 0.3) is 0 Å². The molecule has 3 nitrogen and oxygen atoms in total. The average molecular weight is 274 g/mol. The molecule has 0 aliphatic heterocycles. The summed E-state index contributed by atoms with van der Waals surface area (Å²) in [5.74, 6) is -1.13. The van der Waals surface area contributed by atoms with E-state index >= 15 is 0 Å². The maximum Gasteiger partial charge on any atom is 0.316 e. The number of carbonyl (C=O) groups excluding carboxylic acids is 2. The van der Waals surface area contributed by atoms with Gasteiger partial charge in [0.05, 0.1) is 7.11 Å². The predicted molar refractivity (Wildman–Crippen MR) is 77.8 cm³/mol. The molecular weight excluding hydrogens is 252 g/mol. The van der Waals surface area contributed by atoms with Crippen molar-refractivity contribution in [2.24, 2.45) is 11.3 Å². The van der Waals surface area contributed by atoms with Crippen LogP contribution in [0.1, 0.15) is 48.7 Å². The molecule has 1 aromatic carbocycles. The molecule has 1 aromatic rings. The molecule has 108 valence electrons. The van der Waals surface area contributed by atoms with Gasteiger partial charge in [-0.15, -0.1) is 0 Å². The van der Waals surface area contributed by atoms with Crippen molar-refractivity contribution in [1.29, 1.82) is 0 Å². The number of rotatable bonds is 2. The Morgan fingerprint density at radius 1 is 1.35 bits per heavy atom. The van der Waals surface area contributed by atoms with Crippen LogP contribution in [0.4, 0.5) is 0 Å². The van der Waals surface area contributed by atoms with Crippen LogP contribution in [-0.4, -0.2) is 18.9 Å². The van der Waals surface area contributed by atoms with Crippen LogP contribution in [0.3, 0.4) is 0 Å². The molecule has 1 aliphatic rings. The first-order valence-electron chi connectivity index (χ1n) is 7.05. The number of ketones is 1. The molecule has 1 unspecified atom stereocenters. The molecule has 0 spiro atoms. The van der Waals surface area contributed by atoms with E-state index in [-0.39, 0.29) is 11.2 Å². The lowest BCUT2D eigenvalue weighted by molar-refractivity contribution is -0.143. The first kappa shape index (κ1) is 14.8. The number of hydrogen-bond acceptors (Lipinski definition) is 3. The van der Waals surface area contributed by atoms with Gasteiger partial charge in [-0.25, -0.2) is 0 Å². The van der Waals surface area contributed by atoms with E-state index in [0.29, 0.717) is 12.0 Å².